The predicted octanol–water partition coefficient (Wildman–Crippen LogP) is 5.20. The minimum Gasteiger partial charge on any atom is -0.388 e. The van der Waals surface area contributed by atoms with Gasteiger partial charge in [-0.1, -0.05) is 31.2 Å². The monoisotopic (exact) mass is 373 g/mol. The summed E-state index contributed by atoms with van der Waals surface area (Å²) in [6.07, 6.45) is 14.4. The molecule has 150 valence electrons. The number of rotatable bonds is 4. The maximum atomic E-state index is 13.1. The van der Waals surface area contributed by atoms with Crippen LogP contribution in [0.3, 0.4) is 0 Å². The van der Waals surface area contributed by atoms with Gasteiger partial charge in [0, 0.05) is 13.1 Å². The summed E-state index contributed by atoms with van der Waals surface area (Å²) < 4.78 is 13.1. The number of allylic oxidation sites excluding steroid dienone is 3. The number of hydrogen-bond donors (Lipinski definition) is 1. The van der Waals surface area contributed by atoms with Gasteiger partial charge in [-0.15, -0.1) is 0 Å². The molecule has 1 saturated heterocycles. The quantitative estimate of drug-likeness (QED) is 0.732. The van der Waals surface area contributed by atoms with Crippen LogP contribution in [0, 0.1) is 17.3 Å². The van der Waals surface area contributed by atoms with E-state index in [1.54, 1.807) is 5.57 Å². The maximum absolute atomic E-state index is 13.1. The van der Waals surface area contributed by atoms with Gasteiger partial charge in [0.05, 0.1) is 6.10 Å². The lowest BCUT2D eigenvalue weighted by molar-refractivity contribution is 0.0478. The van der Waals surface area contributed by atoms with Crippen LogP contribution in [0.5, 0.6) is 0 Å². The Balaban J connectivity index is 1.43. The van der Waals surface area contributed by atoms with E-state index in [9.17, 15) is 9.50 Å². The molecular formula is C24H36FNO. The van der Waals surface area contributed by atoms with Crippen LogP contribution in [-0.2, 0) is 0 Å². The Kier molecular flexibility index (Phi) is 5.62. The molecule has 4 fully saturated rings. The highest BCUT2D eigenvalue weighted by Gasteiger charge is 2.48. The molecule has 0 aromatic carbocycles. The zero-order chi connectivity index (χ0) is 19.0. The number of nitrogens with zero attached hydrogens (tertiary/aromatic N) is 1. The Bertz CT molecular complexity index is 632. The van der Waals surface area contributed by atoms with Gasteiger partial charge < -0.3 is 5.11 Å². The molecule has 0 radical (unpaired) electrons. The van der Waals surface area contributed by atoms with Crippen molar-refractivity contribution in [3.63, 3.8) is 0 Å². The highest BCUT2D eigenvalue weighted by Crippen LogP contribution is 2.58. The summed E-state index contributed by atoms with van der Waals surface area (Å²) in [5, 5.41) is 10.1. The van der Waals surface area contributed by atoms with E-state index in [-0.39, 0.29) is 6.10 Å². The van der Waals surface area contributed by atoms with Crippen LogP contribution >= 0.6 is 0 Å². The number of aliphatic hydroxyl groups is 1. The topological polar surface area (TPSA) is 23.5 Å². The molecule has 0 aromatic heterocycles. The van der Waals surface area contributed by atoms with Crippen molar-refractivity contribution in [3.8, 4) is 0 Å². The van der Waals surface area contributed by atoms with Gasteiger partial charge in [-0.3, -0.25) is 4.90 Å². The summed E-state index contributed by atoms with van der Waals surface area (Å²) >= 11 is 0. The zero-order valence-corrected chi connectivity index (χ0v) is 16.9. The van der Waals surface area contributed by atoms with Gasteiger partial charge >= 0.3 is 0 Å². The molecular weight excluding hydrogens is 337 g/mol. The first-order valence-corrected chi connectivity index (χ1v) is 11.1. The van der Waals surface area contributed by atoms with E-state index in [2.05, 4.69) is 30.6 Å². The van der Waals surface area contributed by atoms with Crippen molar-refractivity contribution in [1.29, 1.82) is 0 Å². The lowest BCUT2D eigenvalue weighted by Crippen LogP contribution is -2.49. The summed E-state index contributed by atoms with van der Waals surface area (Å²) in [6, 6.07) is 0. The van der Waals surface area contributed by atoms with E-state index in [0.717, 1.165) is 37.3 Å². The van der Waals surface area contributed by atoms with Crippen molar-refractivity contribution in [2.24, 2.45) is 17.3 Å². The molecule has 3 aliphatic carbocycles. The van der Waals surface area contributed by atoms with Crippen molar-refractivity contribution in [2.75, 3.05) is 19.6 Å². The molecule has 3 unspecified atom stereocenters. The van der Waals surface area contributed by atoms with E-state index < -0.39 is 6.17 Å². The summed E-state index contributed by atoms with van der Waals surface area (Å²) in [5.74, 6) is 1.49. The Morgan fingerprint density at radius 1 is 1.19 bits per heavy atom. The summed E-state index contributed by atoms with van der Waals surface area (Å²) in [4.78, 5) is 2.28. The van der Waals surface area contributed by atoms with Gasteiger partial charge in [0.25, 0.3) is 0 Å². The maximum Gasteiger partial charge on any atom is 0.125 e. The average molecular weight is 374 g/mol. The first kappa shape index (κ1) is 19.4. The second-order valence-electron chi connectivity index (χ2n) is 9.70. The second kappa shape index (κ2) is 7.83. The third-order valence-corrected chi connectivity index (χ3v) is 8.10. The van der Waals surface area contributed by atoms with Crippen LogP contribution in [0.2, 0.25) is 0 Å². The molecule has 3 saturated carbocycles. The molecule has 4 aliphatic rings. The van der Waals surface area contributed by atoms with Crippen LogP contribution in [-0.4, -0.2) is 41.9 Å². The van der Waals surface area contributed by atoms with E-state index in [4.69, 9.17) is 0 Å². The smallest absolute Gasteiger partial charge is 0.125 e. The second-order valence-corrected chi connectivity index (χ2v) is 9.70. The third-order valence-electron chi connectivity index (χ3n) is 8.10. The van der Waals surface area contributed by atoms with Crippen molar-refractivity contribution in [1.82, 2.24) is 4.90 Å². The standard InChI is InChI=1S/C24H36FNO/c1-17-18(5-3-7-23(17)27)8-9-19-6-4-13-24(2)20(10-11-22(19)24)12-14-26-15-21(25)16-26/h8-9,20-23,27H,1,3-7,10-16H2,2H3/b18-8-,19-9+/t20-,22?,23?,24?/m1/s1. The molecule has 1 aliphatic heterocycles. The zero-order valence-electron chi connectivity index (χ0n) is 16.9. The molecule has 0 aromatic rings. The number of halogens is 1. The summed E-state index contributed by atoms with van der Waals surface area (Å²) in [6.45, 7) is 9.02. The summed E-state index contributed by atoms with van der Waals surface area (Å²) in [5.41, 5.74) is 4.23. The Morgan fingerprint density at radius 2 is 2.00 bits per heavy atom. The van der Waals surface area contributed by atoms with Gasteiger partial charge in [-0.2, -0.15) is 0 Å². The first-order valence-electron chi connectivity index (χ1n) is 11.1. The van der Waals surface area contributed by atoms with Crippen LogP contribution < -0.4 is 0 Å². The number of alkyl halides is 1. The first-order chi connectivity index (χ1) is 13.0. The lowest BCUT2D eigenvalue weighted by atomic mass is 9.63. The van der Waals surface area contributed by atoms with Crippen molar-refractivity contribution in [3.05, 3.63) is 35.5 Å². The molecule has 4 atom stereocenters. The molecule has 2 nitrogen and oxygen atoms in total. The lowest BCUT2D eigenvalue weighted by Gasteiger charge is -2.43. The van der Waals surface area contributed by atoms with Crippen LogP contribution in [0.1, 0.15) is 64.7 Å². The Labute approximate surface area is 164 Å². The number of likely N-dealkylation sites (tertiary alicyclic amines) is 1. The van der Waals surface area contributed by atoms with E-state index in [0.29, 0.717) is 24.4 Å². The largest absolute Gasteiger partial charge is 0.388 e. The fourth-order valence-electron chi connectivity index (χ4n) is 6.28. The molecule has 0 bridgehead atoms. The van der Waals surface area contributed by atoms with Gasteiger partial charge in [0.2, 0.25) is 0 Å². The van der Waals surface area contributed by atoms with Crippen molar-refractivity contribution < 1.29 is 9.50 Å². The number of fused-ring (bicyclic) bond motifs is 1. The minimum absolute atomic E-state index is 0.346. The van der Waals surface area contributed by atoms with Crippen molar-refractivity contribution >= 4 is 0 Å². The van der Waals surface area contributed by atoms with E-state index in [1.165, 1.54) is 44.1 Å². The van der Waals surface area contributed by atoms with Gasteiger partial charge in [0.1, 0.15) is 6.17 Å². The van der Waals surface area contributed by atoms with Gasteiger partial charge in [-0.05, 0) is 92.7 Å². The fourth-order valence-corrected chi connectivity index (χ4v) is 6.28. The summed E-state index contributed by atoms with van der Waals surface area (Å²) in [7, 11) is 0. The molecule has 4 rings (SSSR count). The fraction of sp³-hybridized carbons (Fsp3) is 0.750. The van der Waals surface area contributed by atoms with E-state index in [1.807, 2.05) is 0 Å². The number of aliphatic hydroxyl groups excluding tert-OH is 1. The van der Waals surface area contributed by atoms with E-state index >= 15 is 0 Å². The normalized spacial score (nSPS) is 41.1. The van der Waals surface area contributed by atoms with Crippen molar-refractivity contribution in [2.45, 2.75) is 77.0 Å². The molecule has 1 heterocycles. The molecule has 27 heavy (non-hydrogen) atoms. The number of hydrogen-bond acceptors (Lipinski definition) is 2. The third kappa shape index (κ3) is 3.82. The molecule has 3 heteroatoms. The van der Waals surface area contributed by atoms with Gasteiger partial charge in [-0.25, -0.2) is 4.39 Å². The minimum atomic E-state index is -0.581. The van der Waals surface area contributed by atoms with Gasteiger partial charge in [0.15, 0.2) is 0 Å². The molecule has 1 N–H and O–H groups in total. The molecule has 0 spiro atoms. The molecule has 0 amide bonds. The highest BCUT2D eigenvalue weighted by atomic mass is 19.1. The predicted molar refractivity (Wildman–Crippen MR) is 109 cm³/mol. The van der Waals surface area contributed by atoms with Crippen LogP contribution in [0.15, 0.2) is 35.5 Å². The highest BCUT2D eigenvalue weighted by molar-refractivity contribution is 5.37. The SMILES string of the molecule is C=C1/C(=C\C=C2/CCCC3(C)C2CC[C@@H]3CCN2CC(F)C2)CCCC1O. The van der Waals surface area contributed by atoms with Crippen LogP contribution in [0.25, 0.3) is 0 Å². The Hall–Kier alpha value is -0.930. The average Bonchev–Trinajstić information content (AvgIpc) is 2.96. The van der Waals surface area contributed by atoms with Crippen LogP contribution in [0.4, 0.5) is 4.39 Å². The Morgan fingerprint density at radius 3 is 2.78 bits per heavy atom.